The summed E-state index contributed by atoms with van der Waals surface area (Å²) in [6.07, 6.45) is 5.93. The molecule has 0 bridgehead atoms. The Morgan fingerprint density at radius 3 is 2.93 bits per heavy atom. The molecule has 78 valence electrons. The van der Waals surface area contributed by atoms with Crippen molar-refractivity contribution < 1.29 is 5.11 Å². The molecule has 4 heteroatoms. The normalized spacial score (nSPS) is 18.4. The molecule has 3 N–H and O–H groups in total. The Kier molecular flexibility index (Phi) is 2.56. The van der Waals surface area contributed by atoms with E-state index < -0.39 is 0 Å². The molecule has 0 aliphatic heterocycles. The Morgan fingerprint density at radius 2 is 2.36 bits per heavy atom. The van der Waals surface area contributed by atoms with E-state index in [0.717, 1.165) is 31.4 Å². The van der Waals surface area contributed by atoms with Crippen molar-refractivity contribution in [2.24, 2.45) is 5.73 Å². The second-order valence-electron chi connectivity index (χ2n) is 3.99. The summed E-state index contributed by atoms with van der Waals surface area (Å²) in [5.74, 6) is 0. The Hall–Kier alpha value is -0.870. The predicted molar refractivity (Wildman–Crippen MR) is 53.9 cm³/mol. The van der Waals surface area contributed by atoms with Crippen LogP contribution in [-0.4, -0.2) is 28.0 Å². The third kappa shape index (κ3) is 1.67. The lowest BCUT2D eigenvalue weighted by Gasteiger charge is -2.13. The van der Waals surface area contributed by atoms with Gasteiger partial charge in [-0.15, -0.1) is 0 Å². The van der Waals surface area contributed by atoms with Gasteiger partial charge in [0.15, 0.2) is 0 Å². The first kappa shape index (κ1) is 9.68. The number of aromatic nitrogens is 2. The van der Waals surface area contributed by atoms with Crippen molar-refractivity contribution >= 4 is 0 Å². The Morgan fingerprint density at radius 1 is 1.57 bits per heavy atom. The summed E-state index contributed by atoms with van der Waals surface area (Å²) < 4.78 is 2.01. The minimum Gasteiger partial charge on any atom is -0.396 e. The lowest BCUT2D eigenvalue weighted by atomic mass is 10.2. The van der Waals surface area contributed by atoms with Gasteiger partial charge >= 0.3 is 0 Å². The van der Waals surface area contributed by atoms with Crippen LogP contribution in [0.3, 0.4) is 0 Å². The van der Waals surface area contributed by atoms with Crippen LogP contribution in [0.15, 0.2) is 12.3 Å². The number of rotatable bonds is 5. The van der Waals surface area contributed by atoms with Crippen molar-refractivity contribution in [3.8, 4) is 0 Å². The molecule has 0 atom stereocenters. The van der Waals surface area contributed by atoms with Crippen LogP contribution >= 0.6 is 0 Å². The van der Waals surface area contributed by atoms with Crippen molar-refractivity contribution in [1.29, 1.82) is 0 Å². The fraction of sp³-hybridized carbons (Fsp3) is 0.700. The van der Waals surface area contributed by atoms with Crippen LogP contribution in [0, 0.1) is 0 Å². The highest BCUT2D eigenvalue weighted by Gasteiger charge is 2.44. The molecule has 0 saturated heterocycles. The van der Waals surface area contributed by atoms with E-state index in [2.05, 4.69) is 5.10 Å². The molecule has 4 nitrogen and oxygen atoms in total. The second-order valence-corrected chi connectivity index (χ2v) is 3.99. The van der Waals surface area contributed by atoms with Crippen LogP contribution in [0.4, 0.5) is 0 Å². The number of aliphatic hydroxyl groups is 1. The molecule has 1 aliphatic rings. The van der Waals surface area contributed by atoms with Gasteiger partial charge in [0.2, 0.25) is 0 Å². The van der Waals surface area contributed by atoms with E-state index >= 15 is 0 Å². The van der Waals surface area contributed by atoms with Gasteiger partial charge < -0.3 is 10.8 Å². The molecule has 0 radical (unpaired) electrons. The van der Waals surface area contributed by atoms with Gasteiger partial charge in [-0.05, 0) is 31.9 Å². The summed E-state index contributed by atoms with van der Waals surface area (Å²) in [7, 11) is 0. The van der Waals surface area contributed by atoms with E-state index in [1.807, 2.05) is 16.9 Å². The van der Waals surface area contributed by atoms with E-state index in [9.17, 15) is 0 Å². The Balaban J connectivity index is 2.08. The average molecular weight is 195 g/mol. The number of nitrogens with zero attached hydrogens (tertiary/aromatic N) is 2. The monoisotopic (exact) mass is 195 g/mol. The third-order valence-corrected chi connectivity index (χ3v) is 2.94. The van der Waals surface area contributed by atoms with Crippen molar-refractivity contribution in [1.82, 2.24) is 9.78 Å². The summed E-state index contributed by atoms with van der Waals surface area (Å²) in [5.41, 5.74) is 6.64. The van der Waals surface area contributed by atoms with Crippen molar-refractivity contribution in [2.45, 2.75) is 31.2 Å². The van der Waals surface area contributed by atoms with Crippen LogP contribution < -0.4 is 5.73 Å². The maximum Gasteiger partial charge on any atom is 0.0651 e. The molecule has 0 aromatic carbocycles. The fourth-order valence-corrected chi connectivity index (χ4v) is 1.85. The predicted octanol–water partition coefficient (Wildman–Crippen LogP) is 0.256. The standard InChI is InChI=1S/C10H17N3O/c11-6-1-9-2-7-13(12-9)10(3-4-10)5-8-14/h2,7,14H,1,3-6,8,11H2. The molecular formula is C10H17N3O. The van der Waals surface area contributed by atoms with Crippen LogP contribution in [-0.2, 0) is 12.0 Å². The van der Waals surface area contributed by atoms with E-state index in [1.165, 1.54) is 0 Å². The zero-order valence-electron chi connectivity index (χ0n) is 8.32. The number of hydrogen-bond donors (Lipinski definition) is 2. The molecule has 0 spiro atoms. The molecule has 2 rings (SSSR count). The zero-order chi connectivity index (χ0) is 10.0. The molecule has 1 aromatic heterocycles. The molecule has 1 fully saturated rings. The van der Waals surface area contributed by atoms with E-state index in [4.69, 9.17) is 10.8 Å². The molecule has 1 aliphatic carbocycles. The maximum absolute atomic E-state index is 8.95. The van der Waals surface area contributed by atoms with Gasteiger partial charge in [-0.25, -0.2) is 0 Å². The summed E-state index contributed by atoms with van der Waals surface area (Å²) in [4.78, 5) is 0. The summed E-state index contributed by atoms with van der Waals surface area (Å²) in [6, 6.07) is 2.02. The smallest absolute Gasteiger partial charge is 0.0651 e. The van der Waals surface area contributed by atoms with Crippen molar-refractivity contribution in [3.05, 3.63) is 18.0 Å². The lowest BCUT2D eigenvalue weighted by molar-refractivity contribution is 0.241. The molecule has 1 aromatic rings. The van der Waals surface area contributed by atoms with Crippen LogP contribution in [0.5, 0.6) is 0 Å². The fourth-order valence-electron chi connectivity index (χ4n) is 1.85. The van der Waals surface area contributed by atoms with Gasteiger partial charge in [-0.1, -0.05) is 0 Å². The first-order valence-electron chi connectivity index (χ1n) is 5.17. The molecule has 0 amide bonds. The third-order valence-electron chi connectivity index (χ3n) is 2.94. The van der Waals surface area contributed by atoms with Gasteiger partial charge in [0.25, 0.3) is 0 Å². The highest BCUT2D eigenvalue weighted by atomic mass is 16.3. The minimum absolute atomic E-state index is 0.127. The Labute approximate surface area is 83.7 Å². The Bertz CT molecular complexity index is 304. The van der Waals surface area contributed by atoms with Gasteiger partial charge in [0.1, 0.15) is 0 Å². The first-order chi connectivity index (χ1) is 6.80. The van der Waals surface area contributed by atoms with Crippen LogP contribution in [0.2, 0.25) is 0 Å². The van der Waals surface area contributed by atoms with Crippen molar-refractivity contribution in [3.63, 3.8) is 0 Å². The summed E-state index contributed by atoms with van der Waals surface area (Å²) in [5, 5.41) is 13.4. The minimum atomic E-state index is 0.127. The highest BCUT2D eigenvalue weighted by molar-refractivity contribution is 5.06. The SMILES string of the molecule is NCCc1ccn(C2(CCO)CC2)n1. The van der Waals surface area contributed by atoms with E-state index in [-0.39, 0.29) is 12.1 Å². The van der Waals surface area contributed by atoms with Crippen LogP contribution in [0.1, 0.15) is 25.0 Å². The maximum atomic E-state index is 8.95. The topological polar surface area (TPSA) is 64.1 Å². The lowest BCUT2D eigenvalue weighted by Crippen LogP contribution is -2.19. The van der Waals surface area contributed by atoms with Gasteiger partial charge in [-0.2, -0.15) is 5.10 Å². The number of aliphatic hydroxyl groups excluding tert-OH is 1. The van der Waals surface area contributed by atoms with Crippen LogP contribution in [0.25, 0.3) is 0 Å². The number of nitrogens with two attached hydrogens (primary N) is 1. The van der Waals surface area contributed by atoms with Gasteiger partial charge in [0, 0.05) is 19.2 Å². The molecule has 0 unspecified atom stereocenters. The van der Waals surface area contributed by atoms with Gasteiger partial charge in [0.05, 0.1) is 11.2 Å². The molecular weight excluding hydrogens is 178 g/mol. The average Bonchev–Trinajstić information content (AvgIpc) is 2.79. The molecule has 14 heavy (non-hydrogen) atoms. The molecule has 1 heterocycles. The zero-order valence-corrected chi connectivity index (χ0v) is 8.32. The molecule has 1 saturated carbocycles. The summed E-state index contributed by atoms with van der Waals surface area (Å²) >= 11 is 0. The quantitative estimate of drug-likeness (QED) is 0.708. The second kappa shape index (κ2) is 3.71. The highest BCUT2D eigenvalue weighted by Crippen LogP contribution is 2.45. The van der Waals surface area contributed by atoms with Crippen molar-refractivity contribution in [2.75, 3.05) is 13.2 Å². The largest absolute Gasteiger partial charge is 0.396 e. The number of hydrogen-bond acceptors (Lipinski definition) is 3. The van der Waals surface area contributed by atoms with E-state index in [1.54, 1.807) is 0 Å². The van der Waals surface area contributed by atoms with E-state index in [0.29, 0.717) is 6.54 Å². The van der Waals surface area contributed by atoms with Gasteiger partial charge in [-0.3, -0.25) is 4.68 Å². The first-order valence-corrected chi connectivity index (χ1v) is 5.17. The summed E-state index contributed by atoms with van der Waals surface area (Å²) in [6.45, 7) is 0.885.